The summed E-state index contributed by atoms with van der Waals surface area (Å²) in [7, 11) is -1.91. The molecule has 2 unspecified atom stereocenters. The van der Waals surface area contributed by atoms with E-state index in [-0.39, 0.29) is 12.0 Å². The summed E-state index contributed by atoms with van der Waals surface area (Å²) in [6, 6.07) is 3.52. The first kappa shape index (κ1) is 16.3. The quantitative estimate of drug-likeness (QED) is 0.918. The Balaban J connectivity index is 2.46. The number of benzene rings is 1. The number of nitrogens with two attached hydrogens (primary N) is 1. The van der Waals surface area contributed by atoms with Gasteiger partial charge in [-0.2, -0.15) is 4.31 Å². The fourth-order valence-electron chi connectivity index (χ4n) is 3.17. The normalized spacial score (nSPS) is 23.5. The maximum absolute atomic E-state index is 13.0. The van der Waals surface area contributed by atoms with Gasteiger partial charge in [-0.15, -0.1) is 0 Å². The van der Waals surface area contributed by atoms with Crippen molar-refractivity contribution in [3.05, 3.63) is 23.3 Å². The van der Waals surface area contributed by atoms with Crippen molar-refractivity contribution in [3.63, 3.8) is 0 Å². The van der Waals surface area contributed by atoms with Gasteiger partial charge in [-0.05, 0) is 62.9 Å². The van der Waals surface area contributed by atoms with Gasteiger partial charge in [0.25, 0.3) is 0 Å². The molecule has 6 heteroatoms. The number of nitrogens with zero attached hydrogens (tertiary/aromatic N) is 1. The molecule has 0 aromatic heterocycles. The maximum Gasteiger partial charge on any atom is 0.243 e. The predicted molar refractivity (Wildman–Crippen MR) is 83.0 cm³/mol. The molecule has 1 saturated heterocycles. The Morgan fingerprint density at radius 1 is 1.33 bits per heavy atom. The van der Waals surface area contributed by atoms with E-state index in [1.807, 2.05) is 20.8 Å². The second-order valence-corrected chi connectivity index (χ2v) is 7.68. The molecule has 1 heterocycles. The van der Waals surface area contributed by atoms with Crippen molar-refractivity contribution in [2.24, 2.45) is 11.7 Å². The standard InChI is InChI=1S/C15H24N2O3S/c1-10-5-14(20-4)6-11(2)15(10)21(18,19)17-9-13(8-16)7-12(17)3/h5-6,12-13H,7-9,16H2,1-4H3. The highest BCUT2D eigenvalue weighted by Gasteiger charge is 2.38. The number of hydrogen-bond acceptors (Lipinski definition) is 4. The third kappa shape index (κ3) is 2.93. The average Bonchev–Trinajstić information content (AvgIpc) is 2.79. The SMILES string of the molecule is COc1cc(C)c(S(=O)(=O)N2CC(CN)CC2C)c(C)c1. The van der Waals surface area contributed by atoms with E-state index in [0.717, 1.165) is 17.5 Å². The fraction of sp³-hybridized carbons (Fsp3) is 0.600. The molecule has 0 aliphatic carbocycles. The lowest BCUT2D eigenvalue weighted by Gasteiger charge is -2.23. The van der Waals surface area contributed by atoms with Crippen LogP contribution in [-0.4, -0.2) is 39.0 Å². The lowest BCUT2D eigenvalue weighted by Crippen LogP contribution is -2.35. The van der Waals surface area contributed by atoms with Gasteiger partial charge < -0.3 is 10.5 Å². The van der Waals surface area contributed by atoms with Crippen LogP contribution >= 0.6 is 0 Å². The first-order valence-electron chi connectivity index (χ1n) is 7.18. The van der Waals surface area contributed by atoms with Gasteiger partial charge in [0.05, 0.1) is 12.0 Å². The number of sulfonamides is 1. The molecule has 1 fully saturated rings. The van der Waals surface area contributed by atoms with Gasteiger partial charge in [0.15, 0.2) is 0 Å². The molecule has 2 rings (SSSR count). The molecule has 118 valence electrons. The number of methoxy groups -OCH3 is 1. The lowest BCUT2D eigenvalue weighted by molar-refractivity contribution is 0.402. The molecule has 1 aliphatic heterocycles. The summed E-state index contributed by atoms with van der Waals surface area (Å²) < 4.78 is 32.8. The molecule has 0 radical (unpaired) electrons. The molecule has 2 atom stereocenters. The van der Waals surface area contributed by atoms with E-state index in [4.69, 9.17) is 10.5 Å². The van der Waals surface area contributed by atoms with Gasteiger partial charge in [-0.25, -0.2) is 8.42 Å². The second-order valence-electron chi connectivity index (χ2n) is 5.85. The monoisotopic (exact) mass is 312 g/mol. The van der Waals surface area contributed by atoms with Crippen LogP contribution in [0.2, 0.25) is 0 Å². The highest BCUT2D eigenvalue weighted by molar-refractivity contribution is 7.89. The van der Waals surface area contributed by atoms with Crippen molar-refractivity contribution in [3.8, 4) is 5.75 Å². The Kier molecular flexibility index (Phi) is 4.60. The van der Waals surface area contributed by atoms with Crippen LogP contribution in [0, 0.1) is 19.8 Å². The summed E-state index contributed by atoms with van der Waals surface area (Å²) in [5.74, 6) is 0.923. The zero-order valence-electron chi connectivity index (χ0n) is 13.1. The van der Waals surface area contributed by atoms with E-state index in [2.05, 4.69) is 0 Å². The molecule has 0 saturated carbocycles. The Labute approximate surface area is 127 Å². The summed E-state index contributed by atoms with van der Waals surface area (Å²) in [5.41, 5.74) is 7.14. The van der Waals surface area contributed by atoms with Crippen molar-refractivity contribution in [1.29, 1.82) is 0 Å². The molecule has 0 amide bonds. The zero-order valence-corrected chi connectivity index (χ0v) is 13.9. The van der Waals surface area contributed by atoms with Crippen LogP contribution in [0.4, 0.5) is 0 Å². The Morgan fingerprint density at radius 2 is 1.90 bits per heavy atom. The predicted octanol–water partition coefficient (Wildman–Crippen LogP) is 1.67. The first-order valence-corrected chi connectivity index (χ1v) is 8.62. The average molecular weight is 312 g/mol. The molecule has 0 spiro atoms. The van der Waals surface area contributed by atoms with E-state index in [0.29, 0.717) is 23.7 Å². The maximum atomic E-state index is 13.0. The molecule has 5 nitrogen and oxygen atoms in total. The third-order valence-corrected chi connectivity index (χ3v) is 6.46. The Morgan fingerprint density at radius 3 is 2.33 bits per heavy atom. The number of rotatable bonds is 4. The Bertz CT molecular complexity index is 605. The Hall–Kier alpha value is -1.11. The summed E-state index contributed by atoms with van der Waals surface area (Å²) in [5, 5.41) is 0. The van der Waals surface area contributed by atoms with E-state index in [1.165, 1.54) is 0 Å². The van der Waals surface area contributed by atoms with Gasteiger partial charge in [0.2, 0.25) is 10.0 Å². The van der Waals surface area contributed by atoms with Gasteiger partial charge >= 0.3 is 0 Å². The number of hydrogen-bond donors (Lipinski definition) is 1. The molecular weight excluding hydrogens is 288 g/mol. The van der Waals surface area contributed by atoms with E-state index in [9.17, 15) is 8.42 Å². The van der Waals surface area contributed by atoms with Crippen LogP contribution in [0.1, 0.15) is 24.5 Å². The highest BCUT2D eigenvalue weighted by atomic mass is 32.2. The van der Waals surface area contributed by atoms with Crippen molar-refractivity contribution in [2.45, 2.75) is 38.1 Å². The largest absolute Gasteiger partial charge is 0.497 e. The van der Waals surface area contributed by atoms with E-state index < -0.39 is 10.0 Å². The van der Waals surface area contributed by atoms with Crippen molar-refractivity contribution in [1.82, 2.24) is 4.31 Å². The van der Waals surface area contributed by atoms with Crippen molar-refractivity contribution < 1.29 is 13.2 Å². The summed E-state index contributed by atoms with van der Waals surface area (Å²) >= 11 is 0. The molecule has 1 aliphatic rings. The molecule has 1 aromatic rings. The number of ether oxygens (including phenoxy) is 1. The fourth-order valence-corrected chi connectivity index (χ4v) is 5.30. The van der Waals surface area contributed by atoms with Crippen molar-refractivity contribution >= 4 is 10.0 Å². The first-order chi connectivity index (χ1) is 9.81. The van der Waals surface area contributed by atoms with Crippen molar-refractivity contribution in [2.75, 3.05) is 20.2 Å². The van der Waals surface area contributed by atoms with E-state index >= 15 is 0 Å². The minimum atomic E-state index is -3.50. The summed E-state index contributed by atoms with van der Waals surface area (Å²) in [6.45, 7) is 6.59. The van der Waals surface area contributed by atoms with Crippen LogP contribution in [-0.2, 0) is 10.0 Å². The van der Waals surface area contributed by atoms with Crippen LogP contribution in [0.5, 0.6) is 5.75 Å². The zero-order chi connectivity index (χ0) is 15.8. The van der Waals surface area contributed by atoms with Crippen LogP contribution in [0.3, 0.4) is 0 Å². The lowest BCUT2D eigenvalue weighted by atomic mass is 10.1. The number of aryl methyl sites for hydroxylation is 2. The van der Waals surface area contributed by atoms with Crippen LogP contribution in [0.25, 0.3) is 0 Å². The van der Waals surface area contributed by atoms with Gasteiger partial charge in [0.1, 0.15) is 5.75 Å². The smallest absolute Gasteiger partial charge is 0.243 e. The highest BCUT2D eigenvalue weighted by Crippen LogP contribution is 2.33. The second kappa shape index (κ2) is 5.94. The summed E-state index contributed by atoms with van der Waals surface area (Å²) in [6.07, 6.45) is 0.823. The molecule has 2 N–H and O–H groups in total. The van der Waals surface area contributed by atoms with Crippen LogP contribution in [0.15, 0.2) is 17.0 Å². The summed E-state index contributed by atoms with van der Waals surface area (Å²) in [4.78, 5) is 0.396. The molecule has 0 bridgehead atoms. The van der Waals surface area contributed by atoms with Gasteiger partial charge in [-0.3, -0.25) is 0 Å². The minimum Gasteiger partial charge on any atom is -0.497 e. The van der Waals surface area contributed by atoms with Gasteiger partial charge in [-0.1, -0.05) is 0 Å². The molecular formula is C15H24N2O3S. The van der Waals surface area contributed by atoms with Gasteiger partial charge in [0, 0.05) is 12.6 Å². The molecule has 21 heavy (non-hydrogen) atoms. The van der Waals surface area contributed by atoms with E-state index in [1.54, 1.807) is 23.5 Å². The molecule has 1 aromatic carbocycles. The minimum absolute atomic E-state index is 0.00977. The topological polar surface area (TPSA) is 72.6 Å². The third-order valence-electron chi connectivity index (χ3n) is 4.17. The van der Waals surface area contributed by atoms with Crippen LogP contribution < -0.4 is 10.5 Å².